The van der Waals surface area contributed by atoms with E-state index in [0.29, 0.717) is 19.5 Å². The normalized spacial score (nSPS) is 11.8. The molecule has 2 amide bonds. The molecule has 0 aliphatic rings. The molecule has 0 bridgehead atoms. The molecule has 1 unspecified atom stereocenters. The molecule has 0 radical (unpaired) electrons. The molecule has 0 saturated heterocycles. The molecular formula is C30H36N2O2. The summed E-state index contributed by atoms with van der Waals surface area (Å²) in [4.78, 5) is 28.5. The monoisotopic (exact) mass is 456 g/mol. The minimum absolute atomic E-state index is 0.0286. The van der Waals surface area contributed by atoms with Gasteiger partial charge in [-0.05, 0) is 42.5 Å². The molecule has 0 aliphatic carbocycles. The van der Waals surface area contributed by atoms with Gasteiger partial charge < -0.3 is 10.2 Å². The standard InChI is InChI=1S/C30H36N2O2/c1-4-5-20-31-30(34)24(3)32(22-27-19-13-12-14-23(27)2)29(33)21-28(25-15-8-6-9-16-25)26-17-10-7-11-18-26/h6-19,24,28H,4-5,20-22H2,1-3H3,(H,31,34). The number of nitrogens with zero attached hydrogens (tertiary/aromatic N) is 1. The van der Waals surface area contributed by atoms with Crippen LogP contribution in [0.4, 0.5) is 0 Å². The molecule has 178 valence electrons. The Kier molecular flexibility index (Phi) is 9.45. The van der Waals surface area contributed by atoms with Gasteiger partial charge in [0.2, 0.25) is 11.8 Å². The molecule has 4 nitrogen and oxygen atoms in total. The average molecular weight is 457 g/mol. The van der Waals surface area contributed by atoms with E-state index in [0.717, 1.165) is 35.1 Å². The number of rotatable bonds is 11. The quantitative estimate of drug-likeness (QED) is 0.368. The first-order valence-corrected chi connectivity index (χ1v) is 12.2. The van der Waals surface area contributed by atoms with Crippen LogP contribution in [0.1, 0.15) is 61.3 Å². The van der Waals surface area contributed by atoms with Gasteiger partial charge in [-0.25, -0.2) is 0 Å². The second kappa shape index (κ2) is 12.7. The van der Waals surface area contributed by atoms with E-state index in [1.54, 1.807) is 4.90 Å². The lowest BCUT2D eigenvalue weighted by atomic mass is 9.88. The fourth-order valence-corrected chi connectivity index (χ4v) is 4.18. The molecule has 3 aromatic rings. The lowest BCUT2D eigenvalue weighted by Crippen LogP contribution is -2.48. The molecule has 3 aromatic carbocycles. The number of nitrogens with one attached hydrogen (secondary N) is 1. The van der Waals surface area contributed by atoms with Crippen LogP contribution < -0.4 is 5.32 Å². The molecule has 34 heavy (non-hydrogen) atoms. The van der Waals surface area contributed by atoms with Crippen molar-refractivity contribution in [2.24, 2.45) is 0 Å². The average Bonchev–Trinajstić information content (AvgIpc) is 2.87. The van der Waals surface area contributed by atoms with Gasteiger partial charge in [0.05, 0.1) is 0 Å². The Labute approximate surface area is 204 Å². The second-order valence-electron chi connectivity index (χ2n) is 8.85. The van der Waals surface area contributed by atoms with Gasteiger partial charge in [0.25, 0.3) is 0 Å². The highest BCUT2D eigenvalue weighted by Crippen LogP contribution is 2.29. The SMILES string of the molecule is CCCCNC(=O)C(C)N(Cc1ccccc1C)C(=O)CC(c1ccccc1)c1ccccc1. The van der Waals surface area contributed by atoms with Gasteiger partial charge in [-0.1, -0.05) is 98.3 Å². The predicted molar refractivity (Wildman–Crippen MR) is 138 cm³/mol. The van der Waals surface area contributed by atoms with Gasteiger partial charge >= 0.3 is 0 Å². The minimum Gasteiger partial charge on any atom is -0.354 e. The molecule has 3 rings (SSSR count). The molecule has 1 N–H and O–H groups in total. The van der Waals surface area contributed by atoms with Crippen LogP contribution >= 0.6 is 0 Å². The van der Waals surface area contributed by atoms with Crippen molar-refractivity contribution in [1.82, 2.24) is 10.2 Å². The van der Waals surface area contributed by atoms with Crippen molar-refractivity contribution >= 4 is 11.8 Å². The van der Waals surface area contributed by atoms with E-state index in [9.17, 15) is 9.59 Å². The van der Waals surface area contributed by atoms with Crippen LogP contribution in [0.25, 0.3) is 0 Å². The molecule has 0 fully saturated rings. The first-order chi connectivity index (χ1) is 16.5. The summed E-state index contributed by atoms with van der Waals surface area (Å²) in [6, 6.07) is 27.7. The van der Waals surface area contributed by atoms with Crippen molar-refractivity contribution in [3.8, 4) is 0 Å². The first kappa shape index (κ1) is 25.2. The lowest BCUT2D eigenvalue weighted by molar-refractivity contribution is -0.140. The number of benzene rings is 3. The van der Waals surface area contributed by atoms with Crippen molar-refractivity contribution in [3.63, 3.8) is 0 Å². The van der Waals surface area contributed by atoms with E-state index in [1.807, 2.05) is 74.5 Å². The Morgan fingerprint density at radius 2 is 1.41 bits per heavy atom. The van der Waals surface area contributed by atoms with Gasteiger partial charge in [-0.15, -0.1) is 0 Å². The third kappa shape index (κ3) is 6.80. The van der Waals surface area contributed by atoms with E-state index in [1.165, 1.54) is 0 Å². The third-order valence-electron chi connectivity index (χ3n) is 6.38. The highest BCUT2D eigenvalue weighted by atomic mass is 16.2. The molecule has 1 atom stereocenters. The summed E-state index contributed by atoms with van der Waals surface area (Å²) in [5.41, 5.74) is 4.36. The summed E-state index contributed by atoms with van der Waals surface area (Å²) in [6.07, 6.45) is 2.23. The van der Waals surface area contributed by atoms with Gasteiger partial charge in [0.1, 0.15) is 6.04 Å². The lowest BCUT2D eigenvalue weighted by Gasteiger charge is -2.31. The summed E-state index contributed by atoms with van der Waals surface area (Å²) >= 11 is 0. The number of hydrogen-bond donors (Lipinski definition) is 1. The van der Waals surface area contributed by atoms with Gasteiger partial charge in [0, 0.05) is 25.4 Å². The molecule has 0 spiro atoms. The maximum atomic E-state index is 13.8. The van der Waals surface area contributed by atoms with E-state index in [2.05, 4.69) is 36.5 Å². The third-order valence-corrected chi connectivity index (χ3v) is 6.38. The molecule has 0 aromatic heterocycles. The van der Waals surface area contributed by atoms with E-state index < -0.39 is 6.04 Å². The highest BCUT2D eigenvalue weighted by Gasteiger charge is 2.29. The first-order valence-electron chi connectivity index (χ1n) is 12.2. The topological polar surface area (TPSA) is 49.4 Å². The fourth-order valence-electron chi connectivity index (χ4n) is 4.18. The van der Waals surface area contributed by atoms with Crippen LogP contribution in [0.5, 0.6) is 0 Å². The number of unbranched alkanes of at least 4 members (excludes halogenated alkanes) is 1. The highest BCUT2D eigenvalue weighted by molar-refractivity contribution is 5.87. The van der Waals surface area contributed by atoms with E-state index in [-0.39, 0.29) is 17.7 Å². The maximum Gasteiger partial charge on any atom is 0.242 e. The minimum atomic E-state index is -0.559. The summed E-state index contributed by atoms with van der Waals surface area (Å²) in [6.45, 7) is 7.00. The molecule has 0 saturated carbocycles. The molecule has 0 aliphatic heterocycles. The Morgan fingerprint density at radius 3 is 1.97 bits per heavy atom. The summed E-state index contributed by atoms with van der Waals surface area (Å²) in [5, 5.41) is 3.00. The summed E-state index contributed by atoms with van der Waals surface area (Å²) in [7, 11) is 0. The van der Waals surface area contributed by atoms with Crippen molar-refractivity contribution < 1.29 is 9.59 Å². The number of amides is 2. The zero-order valence-corrected chi connectivity index (χ0v) is 20.5. The zero-order chi connectivity index (χ0) is 24.3. The zero-order valence-electron chi connectivity index (χ0n) is 20.5. The number of aryl methyl sites for hydroxylation is 1. The molecular weight excluding hydrogens is 420 g/mol. The Balaban J connectivity index is 1.89. The van der Waals surface area contributed by atoms with Gasteiger partial charge in [0.15, 0.2) is 0 Å². The van der Waals surface area contributed by atoms with Crippen molar-refractivity contribution in [2.45, 2.75) is 58.5 Å². The largest absolute Gasteiger partial charge is 0.354 e. The van der Waals surface area contributed by atoms with Gasteiger partial charge in [-0.2, -0.15) is 0 Å². The van der Waals surface area contributed by atoms with Crippen LogP contribution in [0.3, 0.4) is 0 Å². The smallest absolute Gasteiger partial charge is 0.242 e. The maximum absolute atomic E-state index is 13.8. The van der Waals surface area contributed by atoms with E-state index in [4.69, 9.17) is 0 Å². The van der Waals surface area contributed by atoms with Crippen LogP contribution in [0, 0.1) is 6.92 Å². The number of carbonyl (C=O) groups excluding carboxylic acids is 2. The van der Waals surface area contributed by atoms with Crippen LogP contribution in [0.15, 0.2) is 84.9 Å². The number of carbonyl (C=O) groups is 2. The van der Waals surface area contributed by atoms with Crippen LogP contribution in [0.2, 0.25) is 0 Å². The van der Waals surface area contributed by atoms with E-state index >= 15 is 0 Å². The second-order valence-corrected chi connectivity index (χ2v) is 8.85. The molecule has 4 heteroatoms. The summed E-state index contributed by atoms with van der Waals surface area (Å²) < 4.78 is 0. The van der Waals surface area contributed by atoms with Crippen LogP contribution in [-0.2, 0) is 16.1 Å². The van der Waals surface area contributed by atoms with Gasteiger partial charge in [-0.3, -0.25) is 9.59 Å². The number of hydrogen-bond acceptors (Lipinski definition) is 2. The predicted octanol–water partition coefficient (Wildman–Crippen LogP) is 5.85. The van der Waals surface area contributed by atoms with Crippen molar-refractivity contribution in [3.05, 3.63) is 107 Å². The Morgan fingerprint density at radius 1 is 0.853 bits per heavy atom. The van der Waals surface area contributed by atoms with Crippen LogP contribution in [-0.4, -0.2) is 29.3 Å². The fraction of sp³-hybridized carbons (Fsp3) is 0.333. The van der Waals surface area contributed by atoms with Crippen molar-refractivity contribution in [2.75, 3.05) is 6.54 Å². The van der Waals surface area contributed by atoms with Crippen molar-refractivity contribution in [1.29, 1.82) is 0 Å². The Hall–Kier alpha value is -3.40. The molecule has 0 heterocycles. The Bertz CT molecular complexity index is 1010. The summed E-state index contributed by atoms with van der Waals surface area (Å²) in [5.74, 6) is -0.213.